The summed E-state index contributed by atoms with van der Waals surface area (Å²) in [7, 11) is 0. The lowest BCUT2D eigenvalue weighted by Crippen LogP contribution is -1.97. The van der Waals surface area contributed by atoms with Crippen molar-refractivity contribution in [3.63, 3.8) is 0 Å². The molecule has 0 radical (unpaired) electrons. The van der Waals surface area contributed by atoms with Gasteiger partial charge in [-0.15, -0.1) is 0 Å². The summed E-state index contributed by atoms with van der Waals surface area (Å²) in [5.74, 6) is -0.682. The van der Waals surface area contributed by atoms with Crippen LogP contribution >= 0.6 is 0 Å². The standard InChI is InChI=1S/C21H19FN2O3/c1-13-6-15(12-26)8-16(7-13)21(27)5-3-17-10-20(24-23-17)18-4-2-14(11-25)9-19(18)22/h2-10,25-26H,11-12H2,1H3,(H,23,24)/b5-3+. The fourth-order valence-electron chi connectivity index (χ4n) is 2.78. The van der Waals surface area contributed by atoms with E-state index in [1.54, 1.807) is 36.4 Å². The Morgan fingerprint density at radius 2 is 1.89 bits per heavy atom. The molecule has 5 nitrogen and oxygen atoms in total. The van der Waals surface area contributed by atoms with Gasteiger partial charge in [0.05, 0.1) is 24.6 Å². The van der Waals surface area contributed by atoms with E-state index >= 15 is 0 Å². The monoisotopic (exact) mass is 366 g/mol. The lowest BCUT2D eigenvalue weighted by Gasteiger charge is -2.02. The molecule has 0 amide bonds. The van der Waals surface area contributed by atoms with E-state index in [-0.39, 0.29) is 19.0 Å². The Morgan fingerprint density at radius 3 is 2.59 bits per heavy atom. The molecule has 0 spiro atoms. The van der Waals surface area contributed by atoms with E-state index in [2.05, 4.69) is 10.2 Å². The summed E-state index contributed by atoms with van der Waals surface area (Å²) in [6, 6.07) is 11.3. The topological polar surface area (TPSA) is 86.2 Å². The number of halogens is 1. The Bertz CT molecular complexity index is 1010. The Balaban J connectivity index is 1.79. The van der Waals surface area contributed by atoms with Crippen molar-refractivity contribution in [2.75, 3.05) is 0 Å². The molecular weight excluding hydrogens is 347 g/mol. The second kappa shape index (κ2) is 8.07. The van der Waals surface area contributed by atoms with Gasteiger partial charge in [-0.2, -0.15) is 5.10 Å². The maximum Gasteiger partial charge on any atom is 0.185 e. The number of hydrogen-bond donors (Lipinski definition) is 3. The van der Waals surface area contributed by atoms with Crippen molar-refractivity contribution in [1.29, 1.82) is 0 Å². The molecule has 1 aromatic heterocycles. The first kappa shape index (κ1) is 18.7. The van der Waals surface area contributed by atoms with Crippen LogP contribution in [0.3, 0.4) is 0 Å². The third-order valence-corrected chi connectivity index (χ3v) is 4.11. The molecule has 27 heavy (non-hydrogen) atoms. The Hall–Kier alpha value is -3.09. The summed E-state index contributed by atoms with van der Waals surface area (Å²) in [6.07, 6.45) is 2.97. The molecule has 0 aliphatic carbocycles. The zero-order valence-electron chi connectivity index (χ0n) is 14.7. The highest BCUT2D eigenvalue weighted by molar-refractivity contribution is 6.07. The predicted octanol–water partition coefficient (Wildman–Crippen LogP) is 3.40. The van der Waals surface area contributed by atoms with Crippen LogP contribution in [-0.4, -0.2) is 26.2 Å². The summed E-state index contributed by atoms with van der Waals surface area (Å²) in [6.45, 7) is 1.50. The second-order valence-electron chi connectivity index (χ2n) is 6.24. The van der Waals surface area contributed by atoms with Gasteiger partial charge in [-0.05, 0) is 60.5 Å². The van der Waals surface area contributed by atoms with Gasteiger partial charge in [-0.3, -0.25) is 9.89 Å². The van der Waals surface area contributed by atoms with Gasteiger partial charge >= 0.3 is 0 Å². The number of aromatic nitrogens is 2. The number of aryl methyl sites for hydroxylation is 1. The van der Waals surface area contributed by atoms with Gasteiger partial charge in [-0.1, -0.05) is 17.7 Å². The van der Waals surface area contributed by atoms with E-state index in [0.29, 0.717) is 33.6 Å². The smallest absolute Gasteiger partial charge is 0.185 e. The fraction of sp³-hybridized carbons (Fsp3) is 0.143. The number of aliphatic hydroxyl groups is 2. The molecule has 3 aromatic rings. The van der Waals surface area contributed by atoms with Crippen molar-refractivity contribution in [3.8, 4) is 11.3 Å². The van der Waals surface area contributed by atoms with Crippen LogP contribution in [0.25, 0.3) is 17.3 Å². The maximum atomic E-state index is 14.1. The quantitative estimate of drug-likeness (QED) is 0.461. The molecule has 2 aromatic carbocycles. The average Bonchev–Trinajstić information content (AvgIpc) is 3.14. The number of ketones is 1. The van der Waals surface area contributed by atoms with Gasteiger partial charge < -0.3 is 10.2 Å². The number of allylic oxidation sites excluding steroid dienone is 1. The summed E-state index contributed by atoms with van der Waals surface area (Å²) < 4.78 is 14.1. The minimum atomic E-state index is -0.476. The first-order valence-electron chi connectivity index (χ1n) is 8.39. The number of H-pyrrole nitrogens is 1. The number of nitrogens with one attached hydrogen (secondary N) is 1. The van der Waals surface area contributed by atoms with Gasteiger partial charge in [0.15, 0.2) is 5.78 Å². The Morgan fingerprint density at radius 1 is 1.11 bits per heavy atom. The third-order valence-electron chi connectivity index (χ3n) is 4.11. The fourth-order valence-corrected chi connectivity index (χ4v) is 2.78. The molecular formula is C21H19FN2O3. The molecule has 0 fully saturated rings. The van der Waals surface area contributed by atoms with E-state index < -0.39 is 5.82 Å². The average molecular weight is 366 g/mol. The van der Waals surface area contributed by atoms with Crippen LogP contribution in [0.1, 0.15) is 32.7 Å². The van der Waals surface area contributed by atoms with E-state index in [1.807, 2.05) is 13.0 Å². The number of carbonyl (C=O) groups excluding carboxylic acids is 1. The molecule has 3 N–H and O–H groups in total. The highest BCUT2D eigenvalue weighted by Crippen LogP contribution is 2.23. The van der Waals surface area contributed by atoms with Crippen molar-refractivity contribution in [1.82, 2.24) is 10.2 Å². The van der Waals surface area contributed by atoms with Gasteiger partial charge in [-0.25, -0.2) is 4.39 Å². The predicted molar refractivity (Wildman–Crippen MR) is 100 cm³/mol. The van der Waals surface area contributed by atoms with Crippen molar-refractivity contribution in [3.05, 3.63) is 82.3 Å². The summed E-state index contributed by atoms with van der Waals surface area (Å²) in [4.78, 5) is 12.4. The number of rotatable bonds is 6. The number of benzene rings is 2. The maximum absolute atomic E-state index is 14.1. The number of nitrogens with zero attached hydrogens (tertiary/aromatic N) is 1. The largest absolute Gasteiger partial charge is 0.392 e. The van der Waals surface area contributed by atoms with Gasteiger partial charge in [0, 0.05) is 11.1 Å². The lowest BCUT2D eigenvalue weighted by molar-refractivity contribution is 0.104. The Kier molecular flexibility index (Phi) is 5.59. The summed E-state index contributed by atoms with van der Waals surface area (Å²) in [5, 5.41) is 25.1. The molecule has 6 heteroatoms. The van der Waals surface area contributed by atoms with Crippen LogP contribution in [0.5, 0.6) is 0 Å². The zero-order chi connectivity index (χ0) is 19.4. The van der Waals surface area contributed by atoms with Crippen molar-refractivity contribution >= 4 is 11.9 Å². The summed E-state index contributed by atoms with van der Waals surface area (Å²) in [5.41, 5.74) is 3.81. The van der Waals surface area contributed by atoms with E-state index in [1.165, 1.54) is 12.1 Å². The lowest BCUT2D eigenvalue weighted by atomic mass is 10.0. The van der Waals surface area contributed by atoms with Gasteiger partial charge in [0.2, 0.25) is 0 Å². The van der Waals surface area contributed by atoms with Crippen molar-refractivity contribution < 1.29 is 19.4 Å². The first-order valence-corrected chi connectivity index (χ1v) is 8.39. The molecule has 0 aliphatic rings. The molecule has 0 aliphatic heterocycles. The van der Waals surface area contributed by atoms with Crippen LogP contribution in [0.15, 0.2) is 48.5 Å². The van der Waals surface area contributed by atoms with Crippen molar-refractivity contribution in [2.24, 2.45) is 0 Å². The van der Waals surface area contributed by atoms with Crippen LogP contribution in [-0.2, 0) is 13.2 Å². The second-order valence-corrected chi connectivity index (χ2v) is 6.24. The first-order chi connectivity index (χ1) is 13.0. The third kappa shape index (κ3) is 4.36. The molecule has 1 heterocycles. The minimum Gasteiger partial charge on any atom is -0.392 e. The minimum absolute atomic E-state index is 0.129. The van der Waals surface area contributed by atoms with Crippen LogP contribution in [0, 0.1) is 12.7 Å². The van der Waals surface area contributed by atoms with E-state index in [4.69, 9.17) is 5.11 Å². The molecule has 0 atom stereocenters. The highest BCUT2D eigenvalue weighted by atomic mass is 19.1. The van der Waals surface area contributed by atoms with Crippen LogP contribution in [0.4, 0.5) is 4.39 Å². The molecule has 0 bridgehead atoms. The van der Waals surface area contributed by atoms with Crippen LogP contribution in [0.2, 0.25) is 0 Å². The number of carbonyl (C=O) groups is 1. The SMILES string of the molecule is Cc1cc(CO)cc(C(=O)/C=C/c2cc(-c3ccc(CO)cc3F)n[nH]2)c1. The van der Waals surface area contributed by atoms with Crippen LogP contribution < -0.4 is 0 Å². The van der Waals surface area contributed by atoms with E-state index in [9.17, 15) is 14.3 Å². The zero-order valence-corrected chi connectivity index (χ0v) is 14.7. The van der Waals surface area contributed by atoms with Crippen molar-refractivity contribution in [2.45, 2.75) is 20.1 Å². The summed E-state index contributed by atoms with van der Waals surface area (Å²) >= 11 is 0. The molecule has 138 valence electrons. The Labute approximate surface area is 155 Å². The van der Waals surface area contributed by atoms with E-state index in [0.717, 1.165) is 5.56 Å². The molecule has 3 rings (SSSR count). The van der Waals surface area contributed by atoms with Gasteiger partial charge in [0.25, 0.3) is 0 Å². The normalized spacial score (nSPS) is 11.3. The molecule has 0 unspecified atom stereocenters. The number of aliphatic hydroxyl groups excluding tert-OH is 2. The highest BCUT2D eigenvalue weighted by Gasteiger charge is 2.10. The molecule has 0 saturated carbocycles. The molecule has 0 saturated heterocycles. The number of hydrogen-bond acceptors (Lipinski definition) is 4. The number of aromatic amines is 1. The van der Waals surface area contributed by atoms with Gasteiger partial charge in [0.1, 0.15) is 5.82 Å².